The Morgan fingerprint density at radius 1 is 1.18 bits per heavy atom. The Morgan fingerprint density at radius 3 is 2.35 bits per heavy atom. The highest BCUT2D eigenvalue weighted by molar-refractivity contribution is 5.87. The zero-order valence-corrected chi connectivity index (χ0v) is 8.38. The molecular formula is C11H6F3N2O. The minimum atomic E-state index is -4.61. The average molecular weight is 239 g/mol. The molecule has 2 rings (SSSR count). The van der Waals surface area contributed by atoms with Gasteiger partial charge in [0.05, 0.1) is 0 Å². The van der Waals surface area contributed by atoms with Crippen molar-refractivity contribution >= 4 is 6.29 Å². The summed E-state index contributed by atoms with van der Waals surface area (Å²) in [7, 11) is 0. The first-order chi connectivity index (χ1) is 8.04. The van der Waals surface area contributed by atoms with E-state index in [2.05, 4.69) is 5.10 Å². The largest absolute Gasteiger partial charge is 0.435 e. The first-order valence-electron chi connectivity index (χ1n) is 4.63. The number of hydrogen-bond donors (Lipinski definition) is 1. The molecule has 1 radical (unpaired) electrons. The van der Waals surface area contributed by atoms with Gasteiger partial charge >= 0.3 is 6.18 Å². The zero-order valence-electron chi connectivity index (χ0n) is 8.38. The first-order valence-corrected chi connectivity index (χ1v) is 4.63. The average Bonchev–Trinajstić information content (AvgIpc) is 2.73. The molecule has 3 nitrogen and oxygen atoms in total. The Labute approximate surface area is 94.3 Å². The van der Waals surface area contributed by atoms with E-state index >= 15 is 0 Å². The number of alkyl halides is 3. The Balaban J connectivity index is 2.66. The Bertz CT molecular complexity index is 531. The van der Waals surface area contributed by atoms with E-state index in [9.17, 15) is 18.0 Å². The van der Waals surface area contributed by atoms with Gasteiger partial charge in [-0.2, -0.15) is 18.3 Å². The molecule has 0 spiro atoms. The van der Waals surface area contributed by atoms with Gasteiger partial charge in [-0.05, 0) is 5.56 Å². The number of carbonyl (C=O) groups excluding carboxylic acids is 1. The fourth-order valence-corrected chi connectivity index (χ4v) is 1.51. The highest BCUT2D eigenvalue weighted by Crippen LogP contribution is 2.36. The molecule has 0 aliphatic heterocycles. The fourth-order valence-electron chi connectivity index (χ4n) is 1.51. The van der Waals surface area contributed by atoms with Gasteiger partial charge in [-0.3, -0.25) is 9.89 Å². The molecule has 0 aliphatic rings. The van der Waals surface area contributed by atoms with Gasteiger partial charge in [0.1, 0.15) is 5.69 Å². The number of H-pyrrole nitrogens is 1. The standard InChI is InChI=1S/C11H6F3N2O/c12-11(13,14)10-9(8(6-17)15-16-10)7-4-2-1-3-5-7/h1-5H,(H,15,16). The molecular weight excluding hydrogens is 233 g/mol. The summed E-state index contributed by atoms with van der Waals surface area (Å²) in [6.07, 6.45) is -3.20. The van der Waals surface area contributed by atoms with Crippen molar-refractivity contribution in [2.45, 2.75) is 6.18 Å². The zero-order chi connectivity index (χ0) is 12.5. The predicted molar refractivity (Wildman–Crippen MR) is 53.8 cm³/mol. The summed E-state index contributed by atoms with van der Waals surface area (Å²) in [4.78, 5) is 10.6. The quantitative estimate of drug-likeness (QED) is 0.875. The predicted octanol–water partition coefficient (Wildman–Crippen LogP) is 2.55. The lowest BCUT2D eigenvalue weighted by Gasteiger charge is -2.06. The molecule has 0 atom stereocenters. The van der Waals surface area contributed by atoms with Crippen LogP contribution < -0.4 is 0 Å². The van der Waals surface area contributed by atoms with Crippen LogP contribution in [0.2, 0.25) is 0 Å². The molecule has 17 heavy (non-hydrogen) atoms. The molecule has 2 aromatic rings. The summed E-state index contributed by atoms with van der Waals surface area (Å²) in [6.45, 7) is 0. The van der Waals surface area contributed by atoms with E-state index in [4.69, 9.17) is 0 Å². The van der Waals surface area contributed by atoms with Crippen LogP contribution in [0.5, 0.6) is 0 Å². The van der Waals surface area contributed by atoms with E-state index in [-0.39, 0.29) is 16.8 Å². The molecule has 1 N–H and O–H groups in total. The van der Waals surface area contributed by atoms with Gasteiger partial charge in [0.2, 0.25) is 0 Å². The number of rotatable bonds is 2. The lowest BCUT2D eigenvalue weighted by molar-refractivity contribution is -0.140. The Morgan fingerprint density at radius 2 is 1.82 bits per heavy atom. The molecule has 0 bridgehead atoms. The van der Waals surface area contributed by atoms with E-state index in [0.717, 1.165) is 0 Å². The van der Waals surface area contributed by atoms with E-state index in [1.807, 2.05) is 5.10 Å². The van der Waals surface area contributed by atoms with Crippen molar-refractivity contribution in [3.63, 3.8) is 0 Å². The highest BCUT2D eigenvalue weighted by Gasteiger charge is 2.38. The molecule has 0 aliphatic carbocycles. The second kappa shape index (κ2) is 4.04. The first kappa shape index (κ1) is 11.4. The van der Waals surface area contributed by atoms with Crippen LogP contribution in [0.25, 0.3) is 11.1 Å². The van der Waals surface area contributed by atoms with Crippen LogP contribution >= 0.6 is 0 Å². The van der Waals surface area contributed by atoms with Crippen LogP contribution in [0, 0.1) is 0 Å². The van der Waals surface area contributed by atoms with Crippen molar-refractivity contribution in [3.05, 3.63) is 41.7 Å². The van der Waals surface area contributed by atoms with Crippen LogP contribution in [0.1, 0.15) is 11.4 Å². The second-order valence-electron chi connectivity index (χ2n) is 3.29. The Kier molecular flexibility index (Phi) is 2.71. The number of nitrogens with zero attached hydrogens (tertiary/aromatic N) is 1. The maximum absolute atomic E-state index is 12.7. The highest BCUT2D eigenvalue weighted by atomic mass is 19.4. The number of benzene rings is 1. The van der Waals surface area contributed by atoms with Crippen LogP contribution in [0.4, 0.5) is 13.2 Å². The van der Waals surface area contributed by atoms with Gasteiger partial charge in [0.15, 0.2) is 5.69 Å². The number of aromatic amines is 1. The fraction of sp³-hybridized carbons (Fsp3) is 0.0909. The number of nitrogens with one attached hydrogen (secondary N) is 1. The van der Waals surface area contributed by atoms with Crippen molar-refractivity contribution in [1.29, 1.82) is 0 Å². The molecule has 6 heteroatoms. The number of halogens is 3. The monoisotopic (exact) mass is 239 g/mol. The normalized spacial score (nSPS) is 11.5. The molecule has 87 valence electrons. The van der Waals surface area contributed by atoms with E-state index in [1.165, 1.54) is 18.4 Å². The topological polar surface area (TPSA) is 45.8 Å². The third-order valence-corrected chi connectivity index (χ3v) is 2.20. The van der Waals surface area contributed by atoms with Crippen LogP contribution in [-0.4, -0.2) is 16.5 Å². The van der Waals surface area contributed by atoms with E-state index in [1.54, 1.807) is 18.2 Å². The van der Waals surface area contributed by atoms with Crippen molar-refractivity contribution in [2.24, 2.45) is 0 Å². The second-order valence-corrected chi connectivity index (χ2v) is 3.29. The van der Waals surface area contributed by atoms with E-state index in [0.29, 0.717) is 0 Å². The molecule has 1 heterocycles. The number of hydrogen-bond acceptors (Lipinski definition) is 2. The SMILES string of the molecule is O=[C]c1[nH]nc(C(F)(F)F)c1-c1ccccc1. The third-order valence-electron chi connectivity index (χ3n) is 2.20. The molecule has 0 saturated heterocycles. The van der Waals surface area contributed by atoms with Gasteiger partial charge in [-0.15, -0.1) is 0 Å². The minimum absolute atomic E-state index is 0.270. The summed E-state index contributed by atoms with van der Waals surface area (Å²) in [5.41, 5.74) is -1.41. The summed E-state index contributed by atoms with van der Waals surface area (Å²) in [5, 5.41) is 5.16. The maximum atomic E-state index is 12.7. The van der Waals surface area contributed by atoms with Crippen LogP contribution in [0.15, 0.2) is 30.3 Å². The van der Waals surface area contributed by atoms with Gasteiger partial charge in [0, 0.05) is 5.56 Å². The van der Waals surface area contributed by atoms with Crippen LogP contribution in [0.3, 0.4) is 0 Å². The molecule has 1 aromatic heterocycles. The van der Waals surface area contributed by atoms with Gasteiger partial charge in [0.25, 0.3) is 6.29 Å². The maximum Gasteiger partial charge on any atom is 0.435 e. The molecule has 0 unspecified atom stereocenters. The van der Waals surface area contributed by atoms with Crippen molar-refractivity contribution in [1.82, 2.24) is 10.2 Å². The van der Waals surface area contributed by atoms with Crippen LogP contribution in [-0.2, 0) is 11.0 Å². The molecule has 0 saturated carbocycles. The molecule has 1 aromatic carbocycles. The third kappa shape index (κ3) is 2.06. The summed E-state index contributed by atoms with van der Waals surface area (Å²) >= 11 is 0. The lowest BCUT2D eigenvalue weighted by Crippen LogP contribution is -2.07. The van der Waals surface area contributed by atoms with Gasteiger partial charge < -0.3 is 0 Å². The minimum Gasteiger partial charge on any atom is -0.283 e. The summed E-state index contributed by atoms with van der Waals surface area (Å²) in [5.74, 6) is 0. The summed E-state index contributed by atoms with van der Waals surface area (Å²) in [6, 6.07) is 7.77. The van der Waals surface area contributed by atoms with Crippen molar-refractivity contribution < 1.29 is 18.0 Å². The Hall–Kier alpha value is -2.11. The number of aromatic nitrogens is 2. The van der Waals surface area contributed by atoms with Crippen molar-refractivity contribution in [2.75, 3.05) is 0 Å². The summed E-state index contributed by atoms with van der Waals surface area (Å²) < 4.78 is 38.0. The van der Waals surface area contributed by atoms with Gasteiger partial charge in [-0.1, -0.05) is 30.3 Å². The van der Waals surface area contributed by atoms with Crippen molar-refractivity contribution in [3.8, 4) is 11.1 Å². The molecule has 0 fully saturated rings. The molecule has 0 amide bonds. The van der Waals surface area contributed by atoms with Gasteiger partial charge in [-0.25, -0.2) is 0 Å². The smallest absolute Gasteiger partial charge is 0.283 e. The lowest BCUT2D eigenvalue weighted by atomic mass is 10.0. The van der Waals surface area contributed by atoms with E-state index < -0.39 is 11.9 Å².